The lowest BCUT2D eigenvalue weighted by molar-refractivity contribution is -0.143. The number of carboxylic acid groups (broad SMARTS) is 3. The summed E-state index contributed by atoms with van der Waals surface area (Å²) in [4.78, 5) is 40.8. The molecule has 0 fully saturated rings. The molecule has 0 aliphatic carbocycles. The number of carboxylic acids is 3. The monoisotopic (exact) mass is 368 g/mol. The molecule has 0 unspecified atom stereocenters. The molecule has 0 saturated heterocycles. The third-order valence-corrected chi connectivity index (χ3v) is 1.08. The van der Waals surface area contributed by atoms with Gasteiger partial charge in [-0.05, 0) is 33.5 Å². The number of rotatable bonds is 6. The Balaban J connectivity index is -0.0000000699. The Hall–Kier alpha value is -2.66. The Morgan fingerprint density at radius 3 is 1.52 bits per heavy atom. The summed E-state index contributed by atoms with van der Waals surface area (Å²) in [6.45, 7) is 7.59. The topological polar surface area (TPSA) is 199 Å². The Kier molecular flexibility index (Phi) is 50.8. The summed E-state index contributed by atoms with van der Waals surface area (Å²) in [5.74, 6) is -2.79. The van der Waals surface area contributed by atoms with Crippen LogP contribution in [0.1, 0.15) is 27.7 Å². The summed E-state index contributed by atoms with van der Waals surface area (Å²) in [6, 6.07) is 0. The van der Waals surface area contributed by atoms with E-state index in [-0.39, 0.29) is 19.7 Å². The van der Waals surface area contributed by atoms with E-state index >= 15 is 0 Å². The smallest absolute Gasteiger partial charge is 0.392 e. The van der Waals surface area contributed by atoms with Crippen molar-refractivity contribution in [3.63, 3.8) is 0 Å². The molecule has 0 aliphatic rings. The minimum atomic E-state index is -1.09. The van der Waals surface area contributed by atoms with Crippen molar-refractivity contribution in [1.82, 2.24) is 5.32 Å². The van der Waals surface area contributed by atoms with Crippen molar-refractivity contribution in [2.75, 3.05) is 26.2 Å². The molecule has 11 nitrogen and oxygen atoms in total. The molecule has 11 heteroatoms. The van der Waals surface area contributed by atoms with E-state index in [1.807, 2.05) is 6.92 Å². The molecule has 0 rings (SSSR count). The number of aliphatic hydroxyl groups excluding tert-OH is 1. The lowest BCUT2D eigenvalue weighted by Crippen LogP contribution is -2.33. The second kappa shape index (κ2) is 37.5. The Morgan fingerprint density at radius 1 is 1.08 bits per heavy atom. The van der Waals surface area contributed by atoms with Gasteiger partial charge in [0.2, 0.25) is 6.21 Å². The highest BCUT2D eigenvalue weighted by Crippen LogP contribution is 1.64. The third-order valence-electron chi connectivity index (χ3n) is 1.08. The van der Waals surface area contributed by atoms with Crippen molar-refractivity contribution in [1.29, 1.82) is 0 Å². The highest BCUT2D eigenvalue weighted by molar-refractivity contribution is 6.19. The van der Waals surface area contributed by atoms with Gasteiger partial charge >= 0.3 is 17.9 Å². The predicted octanol–water partition coefficient (Wildman–Crippen LogP) is -2.05. The first kappa shape index (κ1) is 33.8. The van der Waals surface area contributed by atoms with Crippen LogP contribution in [0.15, 0.2) is 4.99 Å². The van der Waals surface area contributed by atoms with E-state index in [9.17, 15) is 14.4 Å². The number of hydrogen-bond acceptors (Lipinski definition) is 7. The van der Waals surface area contributed by atoms with Crippen LogP contribution in [0.2, 0.25) is 0 Å². The second-order valence-electron chi connectivity index (χ2n) is 3.22. The van der Waals surface area contributed by atoms with Gasteiger partial charge in [-0.1, -0.05) is 6.92 Å². The van der Waals surface area contributed by atoms with Crippen LogP contribution in [0, 0.1) is 0 Å². The molecule has 25 heavy (non-hydrogen) atoms. The number of aliphatic imine (C=N–C) groups is 1. The molecular weight excluding hydrogens is 338 g/mol. The summed E-state index contributed by atoms with van der Waals surface area (Å²) >= 11 is 0. The lowest BCUT2D eigenvalue weighted by atomic mass is 10.6. The molecule has 0 amide bonds. The number of aldehydes is 1. The summed E-state index contributed by atoms with van der Waals surface area (Å²) in [7, 11) is 0. The van der Waals surface area contributed by atoms with Gasteiger partial charge in [-0.15, -0.1) is 0 Å². The van der Waals surface area contributed by atoms with Crippen LogP contribution < -0.4 is 10.7 Å². The van der Waals surface area contributed by atoms with Crippen LogP contribution in [0.4, 0.5) is 0 Å². The lowest BCUT2D eigenvalue weighted by Gasteiger charge is -1.90. The number of likely N-dealkylation sites (N-methyl/N-ethyl adjacent to an activating group) is 1. The van der Waals surface area contributed by atoms with Crippen molar-refractivity contribution in [3.05, 3.63) is 0 Å². The number of aliphatic hydroxyl groups is 1. The molecule has 7 N–H and O–H groups in total. The summed E-state index contributed by atoms with van der Waals surface area (Å²) in [5, 5.41) is 38.1. The van der Waals surface area contributed by atoms with Crippen LogP contribution in [0.3, 0.4) is 0 Å². The average Bonchev–Trinajstić information content (AvgIpc) is 2.53. The van der Waals surface area contributed by atoms with E-state index in [0.717, 1.165) is 6.29 Å². The fourth-order valence-corrected chi connectivity index (χ4v) is 0.401. The highest BCUT2D eigenvalue weighted by Gasteiger charge is 1.89. The van der Waals surface area contributed by atoms with Gasteiger partial charge < -0.3 is 30.5 Å². The van der Waals surface area contributed by atoms with Crippen LogP contribution in [0.25, 0.3) is 0 Å². The predicted molar refractivity (Wildman–Crippen MR) is 93.0 cm³/mol. The van der Waals surface area contributed by atoms with Crippen LogP contribution in [-0.4, -0.2) is 83.3 Å². The first-order chi connectivity index (χ1) is 11.6. The van der Waals surface area contributed by atoms with Crippen LogP contribution in [0.5, 0.6) is 0 Å². The van der Waals surface area contributed by atoms with E-state index in [0.29, 0.717) is 12.8 Å². The SMILES string of the molecule is CC=NCC(=O)O.CC=O.CCNCC(=O)O.CCO.[NH2+]=CC(=O)O. The average molecular weight is 368 g/mol. The van der Waals surface area contributed by atoms with Gasteiger partial charge in [-0.25, -0.2) is 4.79 Å². The quantitative estimate of drug-likeness (QED) is 0.225. The largest absolute Gasteiger partial charge is 0.480 e. The molecule has 0 heterocycles. The molecule has 0 spiro atoms. The number of hydrogen-bond donors (Lipinski definition) is 6. The van der Waals surface area contributed by atoms with Crippen LogP contribution in [-0.2, 0) is 19.2 Å². The zero-order valence-corrected chi connectivity index (χ0v) is 15.0. The number of nitrogens with one attached hydrogen (secondary N) is 1. The van der Waals surface area contributed by atoms with E-state index in [2.05, 4.69) is 15.7 Å². The van der Waals surface area contributed by atoms with E-state index < -0.39 is 17.9 Å². The minimum Gasteiger partial charge on any atom is -0.480 e. The second-order valence-corrected chi connectivity index (χ2v) is 3.22. The maximum atomic E-state index is 9.70. The fraction of sp³-hybridized carbons (Fsp3) is 0.571. The van der Waals surface area contributed by atoms with Gasteiger partial charge in [0.1, 0.15) is 12.8 Å². The molecular formula is C14H30N3O8+. The first-order valence-corrected chi connectivity index (χ1v) is 7.01. The molecule has 0 aromatic carbocycles. The van der Waals surface area contributed by atoms with Gasteiger partial charge in [-0.2, -0.15) is 0 Å². The maximum absolute atomic E-state index is 9.70. The van der Waals surface area contributed by atoms with E-state index in [4.69, 9.17) is 25.2 Å². The fourth-order valence-electron chi connectivity index (χ4n) is 0.401. The molecule has 148 valence electrons. The van der Waals surface area contributed by atoms with E-state index in [1.54, 1.807) is 13.8 Å². The van der Waals surface area contributed by atoms with Gasteiger partial charge in [0.25, 0.3) is 0 Å². The summed E-state index contributed by atoms with van der Waals surface area (Å²) in [6.07, 6.45) is 2.80. The Bertz CT molecular complexity index is 360. The normalized spacial score (nSPS) is 7.72. The molecule has 0 aliphatic heterocycles. The molecule has 0 bridgehead atoms. The molecule has 0 aromatic heterocycles. The third kappa shape index (κ3) is 148. The van der Waals surface area contributed by atoms with Crippen molar-refractivity contribution >= 4 is 36.6 Å². The highest BCUT2D eigenvalue weighted by atomic mass is 16.4. The van der Waals surface area contributed by atoms with Gasteiger partial charge in [-0.3, -0.25) is 20.0 Å². The molecule has 0 atom stereocenters. The first-order valence-electron chi connectivity index (χ1n) is 7.01. The number of aliphatic carboxylic acids is 3. The van der Waals surface area contributed by atoms with Gasteiger partial charge in [0.15, 0.2) is 0 Å². The van der Waals surface area contributed by atoms with Crippen molar-refractivity contribution in [2.45, 2.75) is 27.7 Å². The Labute approximate surface area is 146 Å². The number of nitrogens with zero attached hydrogens (tertiary/aromatic N) is 1. The zero-order valence-electron chi connectivity index (χ0n) is 15.0. The number of nitrogens with two attached hydrogens (primary N) is 1. The standard InChI is InChI=1S/C4H9NO2.C4H7NO2.C2H3NO2.C2H6O.C2H4O/c2*1-2-5-3-4(6)7;3-1-2(4)5;2*1-2-3/h5H,2-3H2,1H3,(H,6,7);2H,3H2,1H3,(H,6,7);1,3H,(H,4,5);3H,2H2,1H3;2H,1H3/p+1. The van der Waals surface area contributed by atoms with Gasteiger partial charge in [0.05, 0.1) is 6.54 Å². The molecule has 0 radical (unpaired) electrons. The number of carbonyl (C=O) groups excluding carboxylic acids is 1. The van der Waals surface area contributed by atoms with Crippen molar-refractivity contribution in [3.8, 4) is 0 Å². The summed E-state index contributed by atoms with van der Waals surface area (Å²) in [5.41, 5.74) is 0. The zero-order chi connectivity index (χ0) is 21.1. The number of carbonyl (C=O) groups is 4. The van der Waals surface area contributed by atoms with Crippen LogP contribution >= 0.6 is 0 Å². The van der Waals surface area contributed by atoms with Crippen molar-refractivity contribution in [2.24, 2.45) is 4.99 Å². The van der Waals surface area contributed by atoms with E-state index in [1.165, 1.54) is 13.1 Å². The van der Waals surface area contributed by atoms with Gasteiger partial charge in [0, 0.05) is 6.61 Å². The Morgan fingerprint density at radius 2 is 1.44 bits per heavy atom. The summed E-state index contributed by atoms with van der Waals surface area (Å²) < 4.78 is 0. The molecule has 0 aromatic rings. The molecule has 0 saturated carbocycles. The minimum absolute atomic E-state index is 0.0660. The van der Waals surface area contributed by atoms with Crippen molar-refractivity contribution < 1.29 is 45.0 Å². The maximum Gasteiger partial charge on any atom is 0.392 e.